The maximum atomic E-state index is 5.99. The van der Waals surface area contributed by atoms with Crippen molar-refractivity contribution < 1.29 is 8.83 Å². The van der Waals surface area contributed by atoms with Crippen LogP contribution >= 0.6 is 34.7 Å². The van der Waals surface area contributed by atoms with Gasteiger partial charge in [-0.1, -0.05) is 35.5 Å². The Morgan fingerprint density at radius 3 is 2.72 bits per heavy atom. The molecule has 9 heteroatoms. The lowest BCUT2D eigenvalue weighted by Gasteiger charge is -2.01. The molecule has 6 nitrogen and oxygen atoms in total. The van der Waals surface area contributed by atoms with E-state index in [4.69, 9.17) is 20.4 Å². The first-order chi connectivity index (χ1) is 12.2. The summed E-state index contributed by atoms with van der Waals surface area (Å²) in [5, 5.41) is 19.2. The van der Waals surface area contributed by atoms with Crippen molar-refractivity contribution in [1.82, 2.24) is 20.4 Å². The second kappa shape index (κ2) is 6.99. The molecule has 0 fully saturated rings. The molecule has 0 aliphatic rings. The zero-order valence-corrected chi connectivity index (χ0v) is 15.3. The molecule has 4 rings (SSSR count). The number of hydrogen-bond acceptors (Lipinski definition) is 8. The quantitative estimate of drug-likeness (QED) is 0.424. The molecule has 0 aliphatic carbocycles. The summed E-state index contributed by atoms with van der Waals surface area (Å²) in [5.41, 5.74) is 0.775. The van der Waals surface area contributed by atoms with E-state index in [9.17, 15) is 0 Å². The fourth-order valence-corrected chi connectivity index (χ4v) is 3.64. The topological polar surface area (TPSA) is 77.8 Å². The molecule has 3 heterocycles. The van der Waals surface area contributed by atoms with E-state index < -0.39 is 0 Å². The van der Waals surface area contributed by atoms with Crippen molar-refractivity contribution >= 4 is 34.7 Å². The second-order valence-corrected chi connectivity index (χ2v) is 7.74. The van der Waals surface area contributed by atoms with Crippen LogP contribution in [0.5, 0.6) is 0 Å². The second-order valence-electron chi connectivity index (χ2n) is 5.07. The minimum absolute atomic E-state index is 0.117. The molecule has 0 spiro atoms. The van der Waals surface area contributed by atoms with Gasteiger partial charge in [-0.25, -0.2) is 0 Å². The Labute approximate surface area is 156 Å². The van der Waals surface area contributed by atoms with Crippen molar-refractivity contribution in [3.05, 3.63) is 52.7 Å². The van der Waals surface area contributed by atoms with Crippen LogP contribution in [0, 0.1) is 0 Å². The Morgan fingerprint density at radius 2 is 1.92 bits per heavy atom. The molecule has 3 aromatic heterocycles. The predicted octanol–water partition coefficient (Wildman–Crippen LogP) is 5.35. The summed E-state index contributed by atoms with van der Waals surface area (Å²) in [5.74, 6) is 1.44. The van der Waals surface area contributed by atoms with Crippen LogP contribution in [0.1, 0.15) is 18.1 Å². The van der Waals surface area contributed by atoms with Gasteiger partial charge in [-0.2, -0.15) is 0 Å². The highest BCUT2D eigenvalue weighted by atomic mass is 35.5. The summed E-state index contributed by atoms with van der Waals surface area (Å²) in [6.07, 6.45) is 0. The van der Waals surface area contributed by atoms with Crippen molar-refractivity contribution in [3.63, 3.8) is 0 Å². The van der Waals surface area contributed by atoms with E-state index in [0.29, 0.717) is 27.9 Å². The third-order valence-corrected chi connectivity index (χ3v) is 5.29. The monoisotopic (exact) mass is 390 g/mol. The van der Waals surface area contributed by atoms with Gasteiger partial charge in [0.1, 0.15) is 0 Å². The number of nitrogens with zero attached hydrogens (tertiary/aromatic N) is 4. The van der Waals surface area contributed by atoms with E-state index in [1.807, 2.05) is 36.6 Å². The number of thioether (sulfide) groups is 1. The fourth-order valence-electron chi connectivity index (χ4n) is 2.10. The number of aromatic nitrogens is 4. The number of halogens is 1. The van der Waals surface area contributed by atoms with Gasteiger partial charge < -0.3 is 8.83 Å². The summed E-state index contributed by atoms with van der Waals surface area (Å²) in [6.45, 7) is 1.94. The molecule has 4 aromatic rings. The van der Waals surface area contributed by atoms with E-state index in [-0.39, 0.29) is 5.25 Å². The van der Waals surface area contributed by atoms with Crippen LogP contribution in [-0.4, -0.2) is 20.4 Å². The molecular formula is C16H11ClN4O2S2. The van der Waals surface area contributed by atoms with Gasteiger partial charge in [0.2, 0.25) is 11.8 Å². The van der Waals surface area contributed by atoms with Crippen LogP contribution < -0.4 is 0 Å². The number of hydrogen-bond donors (Lipinski definition) is 0. The smallest absolute Gasteiger partial charge is 0.277 e. The summed E-state index contributed by atoms with van der Waals surface area (Å²) in [7, 11) is 0. The molecule has 0 saturated heterocycles. The molecule has 1 aromatic carbocycles. The van der Waals surface area contributed by atoms with Gasteiger partial charge in [0, 0.05) is 10.6 Å². The lowest BCUT2D eigenvalue weighted by molar-refractivity contribution is 0.461. The highest BCUT2D eigenvalue weighted by molar-refractivity contribution is 7.99. The van der Waals surface area contributed by atoms with Gasteiger partial charge in [-0.3, -0.25) is 0 Å². The third kappa shape index (κ3) is 3.60. The predicted molar refractivity (Wildman–Crippen MR) is 96.6 cm³/mol. The molecule has 0 radical (unpaired) electrons. The summed E-state index contributed by atoms with van der Waals surface area (Å²) in [6, 6.07) is 11.1. The van der Waals surface area contributed by atoms with Crippen molar-refractivity contribution in [2.24, 2.45) is 0 Å². The Hall–Kier alpha value is -2.16. The Bertz CT molecular complexity index is 984. The SMILES string of the molecule is CC(Sc1nnc(-c2cccc(Cl)c2)o1)c1nnc(-c2cccs2)o1. The highest BCUT2D eigenvalue weighted by Crippen LogP contribution is 2.36. The van der Waals surface area contributed by atoms with Crippen LogP contribution in [0.25, 0.3) is 22.2 Å². The number of benzene rings is 1. The lowest BCUT2D eigenvalue weighted by atomic mass is 10.2. The number of thiophene rings is 1. The molecule has 0 aliphatic heterocycles. The first-order valence-electron chi connectivity index (χ1n) is 7.32. The fraction of sp³-hybridized carbons (Fsp3) is 0.125. The minimum Gasteiger partial charge on any atom is -0.419 e. The Morgan fingerprint density at radius 1 is 1.04 bits per heavy atom. The van der Waals surface area contributed by atoms with E-state index in [1.54, 1.807) is 23.5 Å². The molecule has 0 amide bonds. The minimum atomic E-state index is -0.117. The van der Waals surface area contributed by atoms with Gasteiger partial charge in [-0.15, -0.1) is 31.7 Å². The number of rotatable bonds is 5. The molecule has 1 atom stereocenters. The average molecular weight is 391 g/mol. The standard InChI is InChI=1S/C16H11ClN4O2S2/c1-9(13-18-20-15(22-13)12-6-3-7-24-12)25-16-21-19-14(23-16)10-4-2-5-11(17)8-10/h2-9H,1H3. The van der Waals surface area contributed by atoms with Crippen molar-refractivity contribution in [1.29, 1.82) is 0 Å². The molecule has 0 saturated carbocycles. The van der Waals surface area contributed by atoms with Gasteiger partial charge in [-0.05, 0) is 36.6 Å². The van der Waals surface area contributed by atoms with Crippen LogP contribution in [0.15, 0.2) is 55.8 Å². The molecule has 0 N–H and O–H groups in total. The lowest BCUT2D eigenvalue weighted by Crippen LogP contribution is -1.88. The normalized spacial score (nSPS) is 12.4. The van der Waals surface area contributed by atoms with E-state index in [2.05, 4.69) is 20.4 Å². The maximum Gasteiger partial charge on any atom is 0.277 e. The summed E-state index contributed by atoms with van der Waals surface area (Å²) in [4.78, 5) is 0.942. The van der Waals surface area contributed by atoms with Crippen molar-refractivity contribution in [3.8, 4) is 22.2 Å². The van der Waals surface area contributed by atoms with E-state index in [1.165, 1.54) is 11.8 Å². The van der Waals surface area contributed by atoms with E-state index >= 15 is 0 Å². The van der Waals surface area contributed by atoms with Gasteiger partial charge >= 0.3 is 0 Å². The van der Waals surface area contributed by atoms with Crippen LogP contribution in [0.2, 0.25) is 5.02 Å². The molecule has 1 unspecified atom stereocenters. The Kier molecular flexibility index (Phi) is 4.56. The first kappa shape index (κ1) is 16.3. The van der Waals surface area contributed by atoms with Crippen LogP contribution in [-0.2, 0) is 0 Å². The van der Waals surface area contributed by atoms with Gasteiger partial charge in [0.05, 0.1) is 10.1 Å². The third-order valence-electron chi connectivity index (χ3n) is 3.28. The zero-order chi connectivity index (χ0) is 17.2. The summed E-state index contributed by atoms with van der Waals surface area (Å²) < 4.78 is 11.4. The highest BCUT2D eigenvalue weighted by Gasteiger charge is 2.20. The first-order valence-corrected chi connectivity index (χ1v) is 9.46. The van der Waals surface area contributed by atoms with Crippen LogP contribution in [0.4, 0.5) is 0 Å². The van der Waals surface area contributed by atoms with Crippen molar-refractivity contribution in [2.75, 3.05) is 0 Å². The van der Waals surface area contributed by atoms with Gasteiger partial charge in [0.25, 0.3) is 11.1 Å². The zero-order valence-electron chi connectivity index (χ0n) is 12.9. The average Bonchev–Trinajstić information content (AvgIpc) is 3.35. The van der Waals surface area contributed by atoms with Gasteiger partial charge in [0.15, 0.2) is 0 Å². The largest absolute Gasteiger partial charge is 0.419 e. The molecule has 25 heavy (non-hydrogen) atoms. The van der Waals surface area contributed by atoms with Crippen molar-refractivity contribution in [2.45, 2.75) is 17.4 Å². The summed E-state index contributed by atoms with van der Waals surface area (Å²) >= 11 is 8.90. The molecular weight excluding hydrogens is 380 g/mol. The molecule has 0 bridgehead atoms. The van der Waals surface area contributed by atoms with E-state index in [0.717, 1.165) is 10.4 Å². The molecule has 126 valence electrons. The van der Waals surface area contributed by atoms with Crippen LogP contribution in [0.3, 0.4) is 0 Å². The Balaban J connectivity index is 1.49. The maximum absolute atomic E-state index is 5.99.